The van der Waals surface area contributed by atoms with E-state index in [0.717, 1.165) is 22.8 Å². The smallest absolute Gasteiger partial charge is 0.133 e. The van der Waals surface area contributed by atoms with Gasteiger partial charge in [0.1, 0.15) is 5.75 Å². The fourth-order valence-corrected chi connectivity index (χ4v) is 2.80. The molecule has 0 unspecified atom stereocenters. The molecule has 0 radical (unpaired) electrons. The average Bonchev–Trinajstić information content (AvgIpc) is 2.79. The predicted molar refractivity (Wildman–Crippen MR) is 69.8 cm³/mol. The molecule has 2 rings (SSSR count). The van der Waals surface area contributed by atoms with Crippen LogP contribution in [0.15, 0.2) is 22.7 Å². The molecule has 3 heteroatoms. The Morgan fingerprint density at radius 2 is 2.12 bits per heavy atom. The van der Waals surface area contributed by atoms with Crippen LogP contribution in [0.5, 0.6) is 5.75 Å². The highest BCUT2D eigenvalue weighted by Crippen LogP contribution is 2.25. The van der Waals surface area contributed by atoms with Gasteiger partial charge in [0.25, 0.3) is 0 Å². The van der Waals surface area contributed by atoms with E-state index in [0.29, 0.717) is 0 Å². The van der Waals surface area contributed by atoms with Gasteiger partial charge in [-0.05, 0) is 46.5 Å². The lowest BCUT2D eigenvalue weighted by atomic mass is 10.2. The zero-order valence-corrected chi connectivity index (χ0v) is 11.2. The van der Waals surface area contributed by atoms with Gasteiger partial charge in [-0.1, -0.05) is 18.9 Å². The van der Waals surface area contributed by atoms with Crippen molar-refractivity contribution in [2.45, 2.75) is 38.3 Å². The summed E-state index contributed by atoms with van der Waals surface area (Å²) in [7, 11) is 1.69. The van der Waals surface area contributed by atoms with Gasteiger partial charge in [-0.15, -0.1) is 0 Å². The zero-order chi connectivity index (χ0) is 11.4. The minimum Gasteiger partial charge on any atom is -0.496 e. The van der Waals surface area contributed by atoms with Crippen molar-refractivity contribution >= 4 is 15.9 Å². The van der Waals surface area contributed by atoms with Crippen LogP contribution < -0.4 is 10.1 Å². The molecule has 16 heavy (non-hydrogen) atoms. The van der Waals surface area contributed by atoms with E-state index < -0.39 is 0 Å². The van der Waals surface area contributed by atoms with Gasteiger partial charge in [-0.25, -0.2) is 0 Å². The Kier molecular flexibility index (Phi) is 4.24. The van der Waals surface area contributed by atoms with Gasteiger partial charge in [-0.3, -0.25) is 0 Å². The molecule has 1 N–H and O–H groups in total. The summed E-state index contributed by atoms with van der Waals surface area (Å²) in [4.78, 5) is 0. The molecule has 88 valence electrons. The molecule has 2 nitrogen and oxygen atoms in total. The highest BCUT2D eigenvalue weighted by Gasteiger charge is 2.13. The van der Waals surface area contributed by atoms with Crippen LogP contribution in [-0.4, -0.2) is 13.2 Å². The van der Waals surface area contributed by atoms with Gasteiger partial charge in [-0.2, -0.15) is 0 Å². The summed E-state index contributed by atoms with van der Waals surface area (Å²) >= 11 is 3.51. The van der Waals surface area contributed by atoms with E-state index in [-0.39, 0.29) is 0 Å². The Bertz CT molecular complexity index is 348. The van der Waals surface area contributed by atoms with Crippen LogP contribution in [0.3, 0.4) is 0 Å². The molecule has 0 heterocycles. The first-order chi connectivity index (χ1) is 7.79. The fourth-order valence-electron chi connectivity index (χ4n) is 2.21. The second-order valence-corrected chi connectivity index (χ2v) is 5.19. The Labute approximate surface area is 106 Å². The maximum atomic E-state index is 5.21. The first kappa shape index (κ1) is 11.9. The Balaban J connectivity index is 1.91. The standard InChI is InChI=1S/C13H18BrNO/c1-16-13-7-6-10(8-12(13)14)9-15-11-4-2-3-5-11/h6-8,11,15H,2-5,9H2,1H3. The molecular formula is C13H18BrNO. The molecule has 0 amide bonds. The summed E-state index contributed by atoms with van der Waals surface area (Å²) in [6, 6.07) is 6.98. The maximum absolute atomic E-state index is 5.21. The number of rotatable bonds is 4. The fraction of sp³-hybridized carbons (Fsp3) is 0.538. The minimum absolute atomic E-state index is 0.723. The van der Waals surface area contributed by atoms with Crippen molar-refractivity contribution in [3.63, 3.8) is 0 Å². The van der Waals surface area contributed by atoms with Gasteiger partial charge in [0.15, 0.2) is 0 Å². The summed E-state index contributed by atoms with van der Waals surface area (Å²) in [5.41, 5.74) is 1.31. The topological polar surface area (TPSA) is 21.3 Å². The normalized spacial score (nSPS) is 16.6. The molecule has 1 aliphatic rings. The number of halogens is 1. The van der Waals surface area contributed by atoms with Crippen molar-refractivity contribution in [3.05, 3.63) is 28.2 Å². The Hall–Kier alpha value is -0.540. The van der Waals surface area contributed by atoms with E-state index in [4.69, 9.17) is 4.74 Å². The van der Waals surface area contributed by atoms with Gasteiger partial charge in [0, 0.05) is 12.6 Å². The maximum Gasteiger partial charge on any atom is 0.133 e. The summed E-state index contributed by atoms with van der Waals surface area (Å²) in [5, 5.41) is 3.60. The zero-order valence-electron chi connectivity index (χ0n) is 9.63. The first-order valence-corrected chi connectivity index (χ1v) is 6.64. The molecule has 0 aliphatic heterocycles. The van der Waals surface area contributed by atoms with E-state index >= 15 is 0 Å². The molecule has 1 fully saturated rings. The SMILES string of the molecule is COc1ccc(CNC2CCCC2)cc1Br. The third-order valence-corrected chi connectivity index (χ3v) is 3.79. The Morgan fingerprint density at radius 1 is 1.38 bits per heavy atom. The number of hydrogen-bond donors (Lipinski definition) is 1. The molecule has 0 aromatic heterocycles. The highest BCUT2D eigenvalue weighted by molar-refractivity contribution is 9.10. The lowest BCUT2D eigenvalue weighted by Gasteiger charge is -2.12. The molecule has 1 aliphatic carbocycles. The van der Waals surface area contributed by atoms with E-state index in [2.05, 4.69) is 33.4 Å². The van der Waals surface area contributed by atoms with Crippen LogP contribution in [-0.2, 0) is 6.54 Å². The molecule has 1 saturated carbocycles. The quantitative estimate of drug-likeness (QED) is 0.913. The van der Waals surface area contributed by atoms with Gasteiger partial charge < -0.3 is 10.1 Å². The van der Waals surface area contributed by atoms with Crippen LogP contribution in [0.25, 0.3) is 0 Å². The lowest BCUT2D eigenvalue weighted by Crippen LogP contribution is -2.25. The van der Waals surface area contributed by atoms with Crippen molar-refractivity contribution in [2.75, 3.05) is 7.11 Å². The van der Waals surface area contributed by atoms with Crippen molar-refractivity contribution < 1.29 is 4.74 Å². The second kappa shape index (κ2) is 5.69. The number of nitrogens with one attached hydrogen (secondary N) is 1. The van der Waals surface area contributed by atoms with Crippen molar-refractivity contribution in [1.82, 2.24) is 5.32 Å². The first-order valence-electron chi connectivity index (χ1n) is 5.85. The summed E-state index contributed by atoms with van der Waals surface area (Å²) in [6.45, 7) is 0.952. The van der Waals surface area contributed by atoms with Gasteiger partial charge in [0.05, 0.1) is 11.6 Å². The largest absolute Gasteiger partial charge is 0.496 e. The van der Waals surface area contributed by atoms with Crippen molar-refractivity contribution in [3.8, 4) is 5.75 Å². The summed E-state index contributed by atoms with van der Waals surface area (Å²) < 4.78 is 6.24. The second-order valence-electron chi connectivity index (χ2n) is 4.33. The van der Waals surface area contributed by atoms with Crippen LogP contribution in [0.2, 0.25) is 0 Å². The molecule has 1 aromatic rings. The lowest BCUT2D eigenvalue weighted by molar-refractivity contribution is 0.412. The van der Waals surface area contributed by atoms with Gasteiger partial charge in [0.2, 0.25) is 0 Å². The van der Waals surface area contributed by atoms with E-state index in [1.807, 2.05) is 6.07 Å². The van der Waals surface area contributed by atoms with E-state index in [9.17, 15) is 0 Å². The average molecular weight is 284 g/mol. The summed E-state index contributed by atoms with van der Waals surface area (Å²) in [5.74, 6) is 0.893. The van der Waals surface area contributed by atoms with Crippen LogP contribution in [0.4, 0.5) is 0 Å². The number of hydrogen-bond acceptors (Lipinski definition) is 2. The van der Waals surface area contributed by atoms with E-state index in [1.54, 1.807) is 7.11 Å². The third-order valence-electron chi connectivity index (χ3n) is 3.17. The van der Waals surface area contributed by atoms with Crippen LogP contribution in [0.1, 0.15) is 31.2 Å². The van der Waals surface area contributed by atoms with Gasteiger partial charge >= 0.3 is 0 Å². The number of benzene rings is 1. The molecule has 1 aromatic carbocycles. The number of methoxy groups -OCH3 is 1. The van der Waals surface area contributed by atoms with Crippen LogP contribution in [0, 0.1) is 0 Å². The molecule has 0 bridgehead atoms. The van der Waals surface area contributed by atoms with Crippen molar-refractivity contribution in [2.24, 2.45) is 0 Å². The minimum atomic E-state index is 0.723. The van der Waals surface area contributed by atoms with E-state index in [1.165, 1.54) is 31.2 Å². The molecular weight excluding hydrogens is 266 g/mol. The monoisotopic (exact) mass is 283 g/mol. The number of ether oxygens (including phenoxy) is 1. The molecule has 0 saturated heterocycles. The molecule has 0 spiro atoms. The highest BCUT2D eigenvalue weighted by atomic mass is 79.9. The Morgan fingerprint density at radius 3 is 2.75 bits per heavy atom. The molecule has 0 atom stereocenters. The predicted octanol–water partition coefficient (Wildman–Crippen LogP) is 3.49. The third kappa shape index (κ3) is 2.98. The summed E-state index contributed by atoms with van der Waals surface area (Å²) in [6.07, 6.45) is 5.42. The van der Waals surface area contributed by atoms with Crippen molar-refractivity contribution in [1.29, 1.82) is 0 Å². The van der Waals surface area contributed by atoms with Crippen LogP contribution >= 0.6 is 15.9 Å².